The van der Waals surface area contributed by atoms with Gasteiger partial charge in [-0.15, -0.1) is 0 Å². The van der Waals surface area contributed by atoms with Crippen molar-refractivity contribution in [2.45, 2.75) is 32.6 Å². The van der Waals surface area contributed by atoms with Crippen LogP contribution in [0.3, 0.4) is 0 Å². The van der Waals surface area contributed by atoms with Crippen LogP contribution in [0.5, 0.6) is 0 Å². The van der Waals surface area contributed by atoms with Crippen LogP contribution in [-0.2, 0) is 0 Å². The molecule has 0 spiro atoms. The first-order valence-electron chi connectivity index (χ1n) is 8.97. The molecule has 3 rings (SSSR count). The largest absolute Gasteiger partial charge is 0.366 e. The summed E-state index contributed by atoms with van der Waals surface area (Å²) in [7, 11) is 0. The molecule has 1 aliphatic heterocycles. The summed E-state index contributed by atoms with van der Waals surface area (Å²) in [6, 6.07) is 13.4. The third-order valence-electron chi connectivity index (χ3n) is 5.09. The zero-order chi connectivity index (χ0) is 18.7. The fourth-order valence-corrected chi connectivity index (χ4v) is 3.61. The van der Waals surface area contributed by atoms with Gasteiger partial charge in [-0.1, -0.05) is 24.3 Å². The second kappa shape index (κ2) is 7.60. The Morgan fingerprint density at radius 3 is 2.58 bits per heavy atom. The van der Waals surface area contributed by atoms with Gasteiger partial charge in [0.05, 0.1) is 0 Å². The van der Waals surface area contributed by atoms with Crippen molar-refractivity contribution in [2.24, 2.45) is 5.73 Å². The van der Waals surface area contributed by atoms with Crippen LogP contribution >= 0.6 is 0 Å². The summed E-state index contributed by atoms with van der Waals surface area (Å²) < 4.78 is 0. The van der Waals surface area contributed by atoms with Gasteiger partial charge in [-0.2, -0.15) is 0 Å². The van der Waals surface area contributed by atoms with Gasteiger partial charge >= 0.3 is 6.03 Å². The monoisotopic (exact) mass is 351 g/mol. The van der Waals surface area contributed by atoms with E-state index in [2.05, 4.69) is 30.4 Å². The topological polar surface area (TPSA) is 75.4 Å². The minimum atomic E-state index is -0.469. The average Bonchev–Trinajstić information content (AvgIpc) is 2.63. The Hall–Kier alpha value is -2.82. The zero-order valence-electron chi connectivity index (χ0n) is 15.3. The SMILES string of the molecule is Cc1cc(C(N)=O)ccc1NC(=O)N1CCCC(c2ccccc2C)C1. The number of urea groups is 1. The second-order valence-corrected chi connectivity index (χ2v) is 6.97. The molecule has 136 valence electrons. The molecule has 1 fully saturated rings. The summed E-state index contributed by atoms with van der Waals surface area (Å²) in [6.45, 7) is 5.45. The van der Waals surface area contributed by atoms with Crippen LogP contribution in [-0.4, -0.2) is 29.9 Å². The lowest BCUT2D eigenvalue weighted by atomic mass is 9.88. The number of amides is 3. The Morgan fingerprint density at radius 1 is 1.12 bits per heavy atom. The summed E-state index contributed by atoms with van der Waals surface area (Å²) >= 11 is 0. The molecule has 1 aliphatic rings. The number of piperidine rings is 1. The highest BCUT2D eigenvalue weighted by Gasteiger charge is 2.25. The molecule has 1 saturated heterocycles. The Bertz CT molecular complexity index is 832. The number of likely N-dealkylation sites (tertiary alicyclic amines) is 1. The molecule has 26 heavy (non-hydrogen) atoms. The van der Waals surface area contributed by atoms with Gasteiger partial charge in [0.25, 0.3) is 0 Å². The van der Waals surface area contributed by atoms with Gasteiger partial charge in [0, 0.05) is 30.3 Å². The molecule has 0 radical (unpaired) electrons. The Kier molecular flexibility index (Phi) is 5.26. The minimum Gasteiger partial charge on any atom is -0.366 e. The van der Waals surface area contributed by atoms with Crippen LogP contribution < -0.4 is 11.1 Å². The summed E-state index contributed by atoms with van der Waals surface area (Å²) in [5.41, 5.74) is 9.87. The number of anilines is 1. The van der Waals surface area contributed by atoms with Crippen molar-refractivity contribution in [3.63, 3.8) is 0 Å². The summed E-state index contributed by atoms with van der Waals surface area (Å²) in [5.74, 6) is -0.0999. The number of primary amides is 1. The first-order chi connectivity index (χ1) is 12.5. The third kappa shape index (κ3) is 3.87. The van der Waals surface area contributed by atoms with Gasteiger partial charge in [0.2, 0.25) is 5.91 Å². The maximum absolute atomic E-state index is 12.7. The lowest BCUT2D eigenvalue weighted by Crippen LogP contribution is -2.41. The van der Waals surface area contributed by atoms with Crippen LogP contribution in [0.15, 0.2) is 42.5 Å². The molecule has 2 aromatic rings. The molecule has 0 saturated carbocycles. The summed E-state index contributed by atoms with van der Waals surface area (Å²) in [6.07, 6.45) is 2.09. The predicted molar refractivity (Wildman–Crippen MR) is 103 cm³/mol. The van der Waals surface area contributed by atoms with Crippen molar-refractivity contribution in [3.05, 3.63) is 64.7 Å². The Morgan fingerprint density at radius 2 is 1.88 bits per heavy atom. The lowest BCUT2D eigenvalue weighted by molar-refractivity contribution is 0.1000. The van der Waals surface area contributed by atoms with E-state index in [1.807, 2.05) is 17.9 Å². The molecule has 0 bridgehead atoms. The lowest BCUT2D eigenvalue weighted by Gasteiger charge is -2.33. The molecule has 1 unspecified atom stereocenters. The van der Waals surface area contributed by atoms with Crippen LogP contribution in [0, 0.1) is 13.8 Å². The molecule has 1 atom stereocenters. The Labute approximate surface area is 154 Å². The molecule has 3 amide bonds. The number of rotatable bonds is 3. The number of nitrogens with zero attached hydrogens (tertiary/aromatic N) is 1. The highest BCUT2D eigenvalue weighted by atomic mass is 16.2. The van der Waals surface area contributed by atoms with Crippen LogP contribution in [0.2, 0.25) is 0 Å². The van der Waals surface area contributed by atoms with Crippen molar-refractivity contribution in [1.82, 2.24) is 4.90 Å². The minimum absolute atomic E-state index is 0.0989. The van der Waals surface area contributed by atoms with Crippen molar-refractivity contribution in [1.29, 1.82) is 0 Å². The van der Waals surface area contributed by atoms with Gasteiger partial charge in [0.15, 0.2) is 0 Å². The smallest absolute Gasteiger partial charge is 0.321 e. The highest BCUT2D eigenvalue weighted by Crippen LogP contribution is 2.29. The molecule has 2 aromatic carbocycles. The predicted octanol–water partition coefficient (Wildman–Crippen LogP) is 3.81. The number of carbonyl (C=O) groups is 2. The van der Waals surface area contributed by atoms with Crippen molar-refractivity contribution in [3.8, 4) is 0 Å². The van der Waals surface area contributed by atoms with Crippen LogP contribution in [0.1, 0.15) is 45.8 Å². The number of nitrogens with two attached hydrogens (primary N) is 1. The quantitative estimate of drug-likeness (QED) is 0.882. The number of hydrogen-bond acceptors (Lipinski definition) is 2. The Balaban J connectivity index is 1.70. The first kappa shape index (κ1) is 18.0. The molecule has 5 nitrogen and oxygen atoms in total. The molecule has 3 N–H and O–H groups in total. The average molecular weight is 351 g/mol. The summed E-state index contributed by atoms with van der Waals surface area (Å²) in [5, 5.41) is 2.97. The number of hydrogen-bond donors (Lipinski definition) is 2. The van der Waals surface area contributed by atoms with Gasteiger partial charge < -0.3 is 16.0 Å². The standard InChI is InChI=1S/C21H25N3O2/c1-14-6-3-4-8-18(14)17-7-5-11-24(13-17)21(26)23-19-10-9-16(20(22)25)12-15(19)2/h3-4,6,8-10,12,17H,5,7,11,13H2,1-2H3,(H2,22,25)(H,23,26). The van der Waals surface area contributed by atoms with Gasteiger partial charge in [0.1, 0.15) is 0 Å². The number of aryl methyl sites for hydroxylation is 2. The molecular weight excluding hydrogens is 326 g/mol. The maximum Gasteiger partial charge on any atom is 0.321 e. The molecule has 5 heteroatoms. The van der Waals surface area contributed by atoms with E-state index in [-0.39, 0.29) is 6.03 Å². The number of carbonyl (C=O) groups excluding carboxylic acids is 2. The van der Waals surface area contributed by atoms with E-state index in [4.69, 9.17) is 5.73 Å². The normalized spacial score (nSPS) is 17.0. The van der Waals surface area contributed by atoms with E-state index in [1.54, 1.807) is 18.2 Å². The second-order valence-electron chi connectivity index (χ2n) is 6.97. The molecular formula is C21H25N3O2. The van der Waals surface area contributed by atoms with Gasteiger partial charge in [-0.05, 0) is 61.6 Å². The van der Waals surface area contributed by atoms with Crippen LogP contribution in [0.25, 0.3) is 0 Å². The van der Waals surface area contributed by atoms with E-state index < -0.39 is 5.91 Å². The van der Waals surface area contributed by atoms with Gasteiger partial charge in [-0.3, -0.25) is 4.79 Å². The van der Waals surface area contributed by atoms with E-state index in [9.17, 15) is 9.59 Å². The summed E-state index contributed by atoms with van der Waals surface area (Å²) in [4.78, 5) is 25.9. The molecule has 0 aliphatic carbocycles. The van der Waals surface area contributed by atoms with E-state index >= 15 is 0 Å². The highest BCUT2D eigenvalue weighted by molar-refractivity contribution is 5.95. The van der Waals surface area contributed by atoms with Gasteiger partial charge in [-0.25, -0.2) is 4.79 Å². The third-order valence-corrected chi connectivity index (χ3v) is 5.09. The van der Waals surface area contributed by atoms with Crippen LogP contribution in [0.4, 0.5) is 10.5 Å². The van der Waals surface area contributed by atoms with Crippen molar-refractivity contribution >= 4 is 17.6 Å². The molecule has 0 aromatic heterocycles. The fourth-order valence-electron chi connectivity index (χ4n) is 3.61. The van der Waals surface area contributed by atoms with E-state index in [1.165, 1.54) is 11.1 Å². The van der Waals surface area contributed by atoms with E-state index in [0.717, 1.165) is 31.5 Å². The maximum atomic E-state index is 12.7. The van der Waals surface area contributed by atoms with Crippen molar-refractivity contribution in [2.75, 3.05) is 18.4 Å². The number of nitrogens with one attached hydrogen (secondary N) is 1. The van der Waals surface area contributed by atoms with Crippen molar-refractivity contribution < 1.29 is 9.59 Å². The number of benzene rings is 2. The zero-order valence-corrected chi connectivity index (χ0v) is 15.3. The van der Waals surface area contributed by atoms with E-state index in [0.29, 0.717) is 17.2 Å². The first-order valence-corrected chi connectivity index (χ1v) is 8.97. The molecule has 1 heterocycles. The fraction of sp³-hybridized carbons (Fsp3) is 0.333.